The van der Waals surface area contributed by atoms with E-state index in [-0.39, 0.29) is 6.61 Å². The number of amides is 1. The van der Waals surface area contributed by atoms with Crippen molar-refractivity contribution in [1.82, 2.24) is 0 Å². The van der Waals surface area contributed by atoms with Crippen molar-refractivity contribution in [3.05, 3.63) is 35.9 Å². The van der Waals surface area contributed by atoms with Crippen molar-refractivity contribution >= 4 is 6.09 Å². The maximum absolute atomic E-state index is 10.5. The number of hydrogen-bond donors (Lipinski definition) is 2. The van der Waals surface area contributed by atoms with Crippen molar-refractivity contribution in [3.8, 4) is 0 Å². The molecule has 4 heteroatoms. The van der Waals surface area contributed by atoms with E-state index in [0.717, 1.165) is 12.0 Å². The van der Waals surface area contributed by atoms with Gasteiger partial charge in [-0.25, -0.2) is 4.79 Å². The third kappa shape index (κ3) is 4.46. The van der Waals surface area contributed by atoms with Gasteiger partial charge >= 0.3 is 6.09 Å². The van der Waals surface area contributed by atoms with Crippen LogP contribution in [0.15, 0.2) is 30.3 Å². The average Bonchev–Trinajstić information content (AvgIpc) is 2.25. The van der Waals surface area contributed by atoms with Crippen molar-refractivity contribution in [2.45, 2.75) is 18.9 Å². The molecule has 1 amide bonds. The fourth-order valence-electron chi connectivity index (χ4n) is 1.32. The molecule has 1 atom stereocenters. The molecule has 0 aliphatic heterocycles. The summed E-state index contributed by atoms with van der Waals surface area (Å²) < 4.78 is 4.71. The van der Waals surface area contributed by atoms with Crippen LogP contribution in [0.5, 0.6) is 0 Å². The first-order chi connectivity index (χ1) is 7.22. The largest absolute Gasteiger partial charge is 0.444 e. The Balaban J connectivity index is 2.37. The van der Waals surface area contributed by atoms with E-state index in [4.69, 9.17) is 15.6 Å². The molecule has 0 radical (unpaired) electrons. The van der Waals surface area contributed by atoms with Crippen LogP contribution in [-0.4, -0.2) is 23.9 Å². The molecule has 15 heavy (non-hydrogen) atoms. The summed E-state index contributed by atoms with van der Waals surface area (Å²) in [6.07, 6.45) is -0.0344. The van der Waals surface area contributed by atoms with E-state index in [9.17, 15) is 4.79 Å². The molecule has 0 saturated heterocycles. The van der Waals surface area contributed by atoms with Crippen LogP contribution in [0.4, 0.5) is 4.79 Å². The quantitative estimate of drug-likeness (QED) is 0.762. The van der Waals surface area contributed by atoms with Gasteiger partial charge in [0.15, 0.2) is 0 Å². The van der Waals surface area contributed by atoms with E-state index in [1.165, 1.54) is 0 Å². The Labute approximate surface area is 88.7 Å². The fourth-order valence-corrected chi connectivity index (χ4v) is 1.32. The van der Waals surface area contributed by atoms with E-state index in [1.54, 1.807) is 0 Å². The van der Waals surface area contributed by atoms with Gasteiger partial charge in [-0.15, -0.1) is 0 Å². The van der Waals surface area contributed by atoms with Crippen LogP contribution in [-0.2, 0) is 11.2 Å². The van der Waals surface area contributed by atoms with E-state index in [2.05, 4.69) is 0 Å². The fraction of sp³-hybridized carbons (Fsp3) is 0.364. The normalized spacial score (nSPS) is 12.1. The Kier molecular flexibility index (Phi) is 4.63. The predicted molar refractivity (Wildman–Crippen MR) is 56.3 cm³/mol. The lowest BCUT2D eigenvalue weighted by atomic mass is 10.1. The van der Waals surface area contributed by atoms with Gasteiger partial charge in [0.2, 0.25) is 0 Å². The number of nitrogens with two attached hydrogens (primary N) is 1. The van der Waals surface area contributed by atoms with Crippen molar-refractivity contribution < 1.29 is 14.6 Å². The second-order valence-electron chi connectivity index (χ2n) is 3.27. The van der Waals surface area contributed by atoms with Crippen LogP contribution < -0.4 is 5.73 Å². The molecule has 1 aromatic rings. The third-order valence-electron chi connectivity index (χ3n) is 2.08. The van der Waals surface area contributed by atoms with Gasteiger partial charge in [-0.3, -0.25) is 0 Å². The summed E-state index contributed by atoms with van der Waals surface area (Å²) in [6.45, 7) is -0.199. The van der Waals surface area contributed by atoms with Crippen molar-refractivity contribution in [3.63, 3.8) is 0 Å². The lowest BCUT2D eigenvalue weighted by Gasteiger charge is -2.13. The highest BCUT2D eigenvalue weighted by Crippen LogP contribution is 2.07. The molecule has 0 aliphatic carbocycles. The Morgan fingerprint density at radius 3 is 2.60 bits per heavy atom. The molecule has 0 unspecified atom stereocenters. The van der Waals surface area contributed by atoms with E-state index in [0.29, 0.717) is 6.42 Å². The van der Waals surface area contributed by atoms with Gasteiger partial charge in [0, 0.05) is 0 Å². The molecule has 0 aromatic heterocycles. The molecule has 1 rings (SSSR count). The minimum absolute atomic E-state index is 0.199. The van der Waals surface area contributed by atoms with Crippen LogP contribution in [0.25, 0.3) is 0 Å². The zero-order valence-electron chi connectivity index (χ0n) is 8.43. The van der Waals surface area contributed by atoms with E-state index in [1.807, 2.05) is 30.3 Å². The predicted octanol–water partition coefficient (Wildman–Crippen LogP) is 1.08. The first-order valence-corrected chi connectivity index (χ1v) is 4.83. The van der Waals surface area contributed by atoms with Gasteiger partial charge in [0.1, 0.15) is 6.10 Å². The molecule has 1 aromatic carbocycles. The standard InChI is InChI=1S/C11H15NO3/c12-11(14)15-10(8-13)7-6-9-4-2-1-3-5-9/h1-5,10,13H,6-8H2,(H2,12,14)/t10-/m0/s1. The Morgan fingerprint density at radius 2 is 2.07 bits per heavy atom. The maximum Gasteiger partial charge on any atom is 0.404 e. The van der Waals surface area contributed by atoms with Gasteiger partial charge in [-0.2, -0.15) is 0 Å². The van der Waals surface area contributed by atoms with Gasteiger partial charge in [0.05, 0.1) is 6.61 Å². The third-order valence-corrected chi connectivity index (χ3v) is 2.08. The number of carbonyl (C=O) groups is 1. The van der Waals surface area contributed by atoms with Crippen LogP contribution in [0, 0.1) is 0 Å². The number of carbonyl (C=O) groups excluding carboxylic acids is 1. The topological polar surface area (TPSA) is 72.6 Å². The van der Waals surface area contributed by atoms with E-state index < -0.39 is 12.2 Å². The number of aliphatic hydroxyl groups is 1. The van der Waals surface area contributed by atoms with Crippen LogP contribution >= 0.6 is 0 Å². The van der Waals surface area contributed by atoms with Crippen LogP contribution in [0.2, 0.25) is 0 Å². The highest BCUT2D eigenvalue weighted by Gasteiger charge is 2.10. The van der Waals surface area contributed by atoms with Gasteiger partial charge in [-0.1, -0.05) is 30.3 Å². The molecular weight excluding hydrogens is 194 g/mol. The molecule has 0 bridgehead atoms. The number of primary amides is 1. The highest BCUT2D eigenvalue weighted by atomic mass is 16.6. The Hall–Kier alpha value is -1.55. The number of ether oxygens (including phenoxy) is 1. The zero-order chi connectivity index (χ0) is 11.1. The molecule has 0 fully saturated rings. The SMILES string of the molecule is NC(=O)O[C@H](CO)CCc1ccccc1. The van der Waals surface area contributed by atoms with Crippen molar-refractivity contribution in [1.29, 1.82) is 0 Å². The van der Waals surface area contributed by atoms with Gasteiger partial charge in [0.25, 0.3) is 0 Å². The molecule has 4 nitrogen and oxygen atoms in total. The maximum atomic E-state index is 10.5. The van der Waals surface area contributed by atoms with Crippen molar-refractivity contribution in [2.24, 2.45) is 5.73 Å². The molecular formula is C11H15NO3. The van der Waals surface area contributed by atoms with Gasteiger partial charge in [-0.05, 0) is 18.4 Å². The molecule has 0 heterocycles. The second kappa shape index (κ2) is 6.03. The minimum atomic E-state index is -0.845. The number of aliphatic hydroxyl groups excluding tert-OH is 1. The van der Waals surface area contributed by atoms with Gasteiger partial charge < -0.3 is 15.6 Å². The Morgan fingerprint density at radius 1 is 1.40 bits per heavy atom. The molecule has 0 aliphatic rings. The monoisotopic (exact) mass is 209 g/mol. The summed E-state index contributed by atoms with van der Waals surface area (Å²) in [5.41, 5.74) is 6.01. The first kappa shape index (κ1) is 11.5. The smallest absolute Gasteiger partial charge is 0.404 e. The highest BCUT2D eigenvalue weighted by molar-refractivity contribution is 5.64. The number of hydrogen-bond acceptors (Lipinski definition) is 3. The molecule has 3 N–H and O–H groups in total. The summed E-state index contributed by atoms with van der Waals surface area (Å²) in [7, 11) is 0. The van der Waals surface area contributed by atoms with E-state index >= 15 is 0 Å². The molecule has 82 valence electrons. The number of benzene rings is 1. The summed E-state index contributed by atoms with van der Waals surface area (Å²) in [4.78, 5) is 10.5. The lowest BCUT2D eigenvalue weighted by molar-refractivity contribution is 0.0588. The van der Waals surface area contributed by atoms with Crippen LogP contribution in [0.1, 0.15) is 12.0 Å². The second-order valence-corrected chi connectivity index (χ2v) is 3.27. The Bertz CT molecular complexity index is 300. The molecule has 0 spiro atoms. The van der Waals surface area contributed by atoms with Crippen molar-refractivity contribution in [2.75, 3.05) is 6.61 Å². The summed E-state index contributed by atoms with van der Waals surface area (Å²) in [5, 5.41) is 8.92. The summed E-state index contributed by atoms with van der Waals surface area (Å²) >= 11 is 0. The summed E-state index contributed by atoms with van der Waals surface area (Å²) in [5.74, 6) is 0. The lowest BCUT2D eigenvalue weighted by Crippen LogP contribution is -2.26. The number of rotatable bonds is 5. The first-order valence-electron chi connectivity index (χ1n) is 4.83. The average molecular weight is 209 g/mol. The molecule has 0 saturated carbocycles. The number of aryl methyl sites for hydroxylation is 1. The van der Waals surface area contributed by atoms with Crippen LogP contribution in [0.3, 0.4) is 0 Å². The summed E-state index contributed by atoms with van der Waals surface area (Å²) in [6, 6.07) is 9.79. The minimum Gasteiger partial charge on any atom is -0.444 e. The zero-order valence-corrected chi connectivity index (χ0v) is 8.43.